The maximum Gasteiger partial charge on any atom is 0.243 e. The summed E-state index contributed by atoms with van der Waals surface area (Å²) < 4.78 is 0. The van der Waals surface area contributed by atoms with Crippen LogP contribution in [-0.2, 0) is 35.2 Å². The molecule has 13 nitrogen and oxygen atoms in total. The summed E-state index contributed by atoms with van der Waals surface area (Å²) in [6.45, 7) is 7.30. The molecule has 5 amide bonds. The molecule has 4 atom stereocenters. The van der Waals surface area contributed by atoms with Crippen molar-refractivity contribution in [1.82, 2.24) is 21.3 Å². The highest BCUT2D eigenvalue weighted by atomic mass is 16.3. The van der Waals surface area contributed by atoms with Gasteiger partial charge >= 0.3 is 0 Å². The highest BCUT2D eigenvalue weighted by molar-refractivity contribution is 5.99. The number of nitrogens with two attached hydrogens (primary N) is 1. The Balaban J connectivity index is 2.03. The van der Waals surface area contributed by atoms with Gasteiger partial charge in [0.1, 0.15) is 23.9 Å². The molecule has 0 fully saturated rings. The minimum absolute atomic E-state index is 0.0502. The van der Waals surface area contributed by atoms with Gasteiger partial charge in [0.05, 0.1) is 23.8 Å². The van der Waals surface area contributed by atoms with Crippen LogP contribution in [0.3, 0.4) is 0 Å². The molecule has 4 unspecified atom stereocenters. The summed E-state index contributed by atoms with van der Waals surface area (Å²) in [7, 11) is 0. The highest BCUT2D eigenvalue weighted by Crippen LogP contribution is 2.17. The zero-order valence-electron chi connectivity index (χ0n) is 24.9. The molecule has 0 aromatic heterocycles. The van der Waals surface area contributed by atoms with Crippen molar-refractivity contribution in [1.29, 1.82) is 0 Å². The molecule has 43 heavy (non-hydrogen) atoms. The molecule has 232 valence electrons. The van der Waals surface area contributed by atoms with E-state index in [1.807, 2.05) is 0 Å². The van der Waals surface area contributed by atoms with Crippen LogP contribution in [0.4, 0.5) is 11.4 Å². The number of phenols is 1. The molecule has 0 aliphatic carbocycles. The number of Topliss-reactive ketones (excluding diaryl/α,β-unsaturated/α-hetero) is 1. The third-order valence-corrected chi connectivity index (χ3v) is 6.50. The van der Waals surface area contributed by atoms with Gasteiger partial charge in [0.2, 0.25) is 29.5 Å². The van der Waals surface area contributed by atoms with Gasteiger partial charge in [-0.25, -0.2) is 0 Å². The van der Waals surface area contributed by atoms with Gasteiger partial charge in [-0.15, -0.1) is 0 Å². The van der Waals surface area contributed by atoms with Crippen molar-refractivity contribution < 1.29 is 33.9 Å². The normalized spacial score (nSPS) is 13.5. The van der Waals surface area contributed by atoms with Gasteiger partial charge in [-0.1, -0.05) is 38.1 Å². The Hall–Kier alpha value is -4.94. The minimum Gasteiger partial charge on any atom is -0.508 e. The molecule has 13 heteroatoms. The average molecular weight is 597 g/mol. The van der Waals surface area contributed by atoms with E-state index in [0.29, 0.717) is 16.9 Å². The first kappa shape index (κ1) is 34.3. The van der Waals surface area contributed by atoms with Crippen molar-refractivity contribution in [3.05, 3.63) is 54.1 Å². The maximum absolute atomic E-state index is 13.1. The number of benzene rings is 2. The molecule has 2 rings (SSSR count). The lowest BCUT2D eigenvalue weighted by Crippen LogP contribution is -2.58. The number of amides is 5. The standard InChI is InChI=1S/C30H40N6O7/c1-16(2)27(36-29(42)25(33-19(5)38)14-20-10-12-21(39)13-11-20)30(43)32-17(3)28(41)35-24(18(4)37)15-26(40)34-23-9-7-6-8-22(23)31/h6-13,16-17,24-25,27,39H,14-15,31H2,1-5H3,(H,32,43)(H,33,38)(H,34,40)(H,35,41)(H,36,42). The Kier molecular flexibility index (Phi) is 12.7. The predicted molar refractivity (Wildman–Crippen MR) is 161 cm³/mol. The Morgan fingerprint density at radius 3 is 1.95 bits per heavy atom. The summed E-state index contributed by atoms with van der Waals surface area (Å²) in [5, 5.41) is 22.4. The van der Waals surface area contributed by atoms with Crippen molar-refractivity contribution in [2.75, 3.05) is 11.1 Å². The summed E-state index contributed by atoms with van der Waals surface area (Å²) in [6, 6.07) is 8.37. The molecule has 0 saturated heterocycles. The van der Waals surface area contributed by atoms with Gasteiger partial charge in [0, 0.05) is 13.3 Å². The van der Waals surface area contributed by atoms with Crippen LogP contribution in [0.25, 0.3) is 0 Å². The Morgan fingerprint density at radius 1 is 0.767 bits per heavy atom. The monoisotopic (exact) mass is 596 g/mol. The molecule has 0 aliphatic rings. The van der Waals surface area contributed by atoms with E-state index in [1.165, 1.54) is 32.9 Å². The molecular formula is C30H40N6O7. The molecule has 0 saturated carbocycles. The lowest BCUT2D eigenvalue weighted by atomic mass is 10.0. The Labute approximate surface area is 250 Å². The zero-order chi connectivity index (χ0) is 32.3. The number of carbonyl (C=O) groups excluding carboxylic acids is 6. The molecule has 8 N–H and O–H groups in total. The summed E-state index contributed by atoms with van der Waals surface area (Å²) in [4.78, 5) is 75.6. The van der Waals surface area contributed by atoms with Crippen molar-refractivity contribution in [3.63, 3.8) is 0 Å². The van der Waals surface area contributed by atoms with E-state index in [9.17, 15) is 33.9 Å². The molecular weight excluding hydrogens is 556 g/mol. The second kappa shape index (κ2) is 15.9. The van der Waals surface area contributed by atoms with Crippen LogP contribution in [0, 0.1) is 5.92 Å². The van der Waals surface area contributed by atoms with E-state index >= 15 is 0 Å². The van der Waals surface area contributed by atoms with E-state index in [0.717, 1.165) is 0 Å². The molecule has 0 radical (unpaired) electrons. The van der Waals surface area contributed by atoms with Crippen LogP contribution in [0.15, 0.2) is 48.5 Å². The van der Waals surface area contributed by atoms with Crippen molar-refractivity contribution in [2.24, 2.45) is 5.92 Å². The number of hydrogen-bond acceptors (Lipinski definition) is 8. The Morgan fingerprint density at radius 2 is 1.40 bits per heavy atom. The van der Waals surface area contributed by atoms with Crippen LogP contribution in [0.5, 0.6) is 5.75 Å². The number of phenolic OH excluding ortho intramolecular Hbond substituents is 1. The third kappa shape index (κ3) is 11.1. The van der Waals surface area contributed by atoms with Crippen molar-refractivity contribution in [2.45, 2.75) is 71.6 Å². The van der Waals surface area contributed by atoms with Gasteiger partial charge in [0.15, 0.2) is 5.78 Å². The lowest BCUT2D eigenvalue weighted by Gasteiger charge is -2.27. The first-order valence-corrected chi connectivity index (χ1v) is 13.8. The van der Waals surface area contributed by atoms with Crippen molar-refractivity contribution >= 4 is 46.7 Å². The number of nitrogen functional groups attached to an aromatic ring is 1. The molecule has 2 aromatic carbocycles. The van der Waals surface area contributed by atoms with Gasteiger partial charge < -0.3 is 37.4 Å². The zero-order valence-corrected chi connectivity index (χ0v) is 24.9. The number of hydrogen-bond donors (Lipinski definition) is 7. The van der Waals surface area contributed by atoms with Crippen molar-refractivity contribution in [3.8, 4) is 5.75 Å². The SMILES string of the molecule is CC(=O)NC(Cc1ccc(O)cc1)C(=O)NC(C(=O)NC(C)C(=O)NC(CC(=O)Nc1ccccc1N)C(C)=O)C(C)C. The van der Waals surface area contributed by atoms with Crippen LogP contribution in [0.1, 0.15) is 46.6 Å². The first-order chi connectivity index (χ1) is 20.2. The second-order valence-electron chi connectivity index (χ2n) is 10.6. The number of aromatic hydroxyl groups is 1. The van der Waals surface area contributed by atoms with Crippen LogP contribution in [-0.4, -0.2) is 64.6 Å². The average Bonchev–Trinajstić information content (AvgIpc) is 2.92. The minimum atomic E-state index is -1.16. The molecule has 0 bridgehead atoms. The molecule has 2 aromatic rings. The van der Waals surface area contributed by atoms with Gasteiger partial charge in [-0.2, -0.15) is 0 Å². The summed E-state index contributed by atoms with van der Waals surface area (Å²) >= 11 is 0. The maximum atomic E-state index is 13.1. The second-order valence-corrected chi connectivity index (χ2v) is 10.6. The summed E-state index contributed by atoms with van der Waals surface area (Å²) in [5.74, 6) is -3.79. The first-order valence-electron chi connectivity index (χ1n) is 13.8. The molecule has 0 heterocycles. The fourth-order valence-corrected chi connectivity index (χ4v) is 4.07. The number of carbonyl (C=O) groups is 6. The highest BCUT2D eigenvalue weighted by Gasteiger charge is 2.31. The predicted octanol–water partition coefficient (Wildman–Crippen LogP) is 0.770. The molecule has 0 spiro atoms. The smallest absolute Gasteiger partial charge is 0.243 e. The Bertz CT molecular complexity index is 1330. The quantitative estimate of drug-likeness (QED) is 0.155. The van der Waals surface area contributed by atoms with E-state index in [4.69, 9.17) is 5.73 Å². The van der Waals surface area contributed by atoms with Gasteiger partial charge in [0.25, 0.3) is 0 Å². The van der Waals surface area contributed by atoms with Crippen LogP contribution in [0.2, 0.25) is 0 Å². The number of para-hydroxylation sites is 2. The fourth-order valence-electron chi connectivity index (χ4n) is 4.07. The van der Waals surface area contributed by atoms with E-state index in [2.05, 4.69) is 26.6 Å². The number of ketones is 1. The number of nitrogens with one attached hydrogen (secondary N) is 5. The summed E-state index contributed by atoms with van der Waals surface area (Å²) in [6.07, 6.45) is -0.250. The fraction of sp³-hybridized carbons (Fsp3) is 0.400. The van der Waals surface area contributed by atoms with E-state index < -0.39 is 65.4 Å². The van der Waals surface area contributed by atoms with E-state index in [-0.39, 0.29) is 18.6 Å². The van der Waals surface area contributed by atoms with E-state index in [1.54, 1.807) is 50.2 Å². The summed E-state index contributed by atoms with van der Waals surface area (Å²) in [5.41, 5.74) is 7.21. The lowest BCUT2D eigenvalue weighted by molar-refractivity contribution is -0.134. The largest absolute Gasteiger partial charge is 0.508 e. The number of anilines is 2. The number of rotatable bonds is 14. The van der Waals surface area contributed by atoms with Crippen LogP contribution >= 0.6 is 0 Å². The molecule has 0 aliphatic heterocycles. The van der Waals surface area contributed by atoms with Gasteiger partial charge in [-0.05, 0) is 49.6 Å². The van der Waals surface area contributed by atoms with Gasteiger partial charge in [-0.3, -0.25) is 28.8 Å². The van der Waals surface area contributed by atoms with Crippen LogP contribution < -0.4 is 32.3 Å². The topological polar surface area (TPSA) is 209 Å². The third-order valence-electron chi connectivity index (χ3n) is 6.50.